The molecular formula is C13H18N2O4. The number of amides is 1. The molecule has 0 saturated carbocycles. The molecule has 4 N–H and O–H groups in total. The van der Waals surface area contributed by atoms with Gasteiger partial charge in [-0.15, -0.1) is 0 Å². The van der Waals surface area contributed by atoms with Gasteiger partial charge in [0.05, 0.1) is 12.5 Å². The van der Waals surface area contributed by atoms with Crippen molar-refractivity contribution in [3.63, 3.8) is 0 Å². The Balaban J connectivity index is 2.15. The minimum absolute atomic E-state index is 0.207. The smallest absolute Gasteiger partial charge is 0.231 e. The van der Waals surface area contributed by atoms with Gasteiger partial charge in [-0.25, -0.2) is 0 Å². The van der Waals surface area contributed by atoms with Gasteiger partial charge in [0.2, 0.25) is 12.7 Å². The number of hydrogen-bond donors (Lipinski definition) is 2. The lowest BCUT2D eigenvalue weighted by Gasteiger charge is -2.14. The Labute approximate surface area is 111 Å². The van der Waals surface area contributed by atoms with Crippen LogP contribution in [0.1, 0.15) is 12.5 Å². The third-order valence-corrected chi connectivity index (χ3v) is 2.94. The quantitative estimate of drug-likeness (QED) is 0.777. The van der Waals surface area contributed by atoms with E-state index in [0.29, 0.717) is 30.2 Å². The first-order valence-electron chi connectivity index (χ1n) is 6.16. The summed E-state index contributed by atoms with van der Waals surface area (Å²) >= 11 is 0. The Bertz CT molecular complexity index is 476. The first-order chi connectivity index (χ1) is 9.11. The van der Waals surface area contributed by atoms with Gasteiger partial charge < -0.3 is 25.7 Å². The summed E-state index contributed by atoms with van der Waals surface area (Å²) in [4.78, 5) is 11.0. The van der Waals surface area contributed by atoms with E-state index in [1.54, 1.807) is 13.0 Å². The zero-order valence-electron chi connectivity index (χ0n) is 10.8. The number of rotatable bonds is 6. The summed E-state index contributed by atoms with van der Waals surface area (Å²) in [6, 6.07) is 3.63. The first kappa shape index (κ1) is 13.5. The second-order valence-corrected chi connectivity index (χ2v) is 4.47. The van der Waals surface area contributed by atoms with Crippen molar-refractivity contribution in [2.24, 2.45) is 17.4 Å². The van der Waals surface area contributed by atoms with Gasteiger partial charge in [0.1, 0.15) is 5.75 Å². The van der Waals surface area contributed by atoms with Crippen molar-refractivity contribution < 1.29 is 19.0 Å². The molecule has 0 aromatic heterocycles. The molecule has 0 fully saturated rings. The van der Waals surface area contributed by atoms with Crippen LogP contribution >= 0.6 is 0 Å². The van der Waals surface area contributed by atoms with Crippen LogP contribution in [0.3, 0.4) is 0 Å². The SMILES string of the molecule is CC(COc1cc2c(cc1CCN)OCO2)C(N)=O. The molecule has 0 aliphatic carbocycles. The molecule has 0 bridgehead atoms. The summed E-state index contributed by atoms with van der Waals surface area (Å²) in [5.41, 5.74) is 11.7. The van der Waals surface area contributed by atoms with E-state index in [1.807, 2.05) is 6.07 Å². The highest BCUT2D eigenvalue weighted by Gasteiger charge is 2.19. The number of carbonyl (C=O) groups excluding carboxylic acids is 1. The Kier molecular flexibility index (Phi) is 4.11. The van der Waals surface area contributed by atoms with Crippen molar-refractivity contribution in [3.8, 4) is 17.2 Å². The molecular weight excluding hydrogens is 248 g/mol. The lowest BCUT2D eigenvalue weighted by molar-refractivity contribution is -0.122. The highest BCUT2D eigenvalue weighted by molar-refractivity contribution is 5.76. The zero-order valence-corrected chi connectivity index (χ0v) is 10.8. The summed E-state index contributed by atoms with van der Waals surface area (Å²) in [6.07, 6.45) is 0.664. The molecule has 1 aliphatic rings. The predicted octanol–water partition coefficient (Wildman–Crippen LogP) is 0.417. The molecule has 1 amide bonds. The third-order valence-electron chi connectivity index (χ3n) is 2.94. The molecule has 1 atom stereocenters. The van der Waals surface area contributed by atoms with Gasteiger partial charge in [0, 0.05) is 6.07 Å². The largest absolute Gasteiger partial charge is 0.492 e. The maximum absolute atomic E-state index is 11.0. The molecule has 1 aromatic carbocycles. The van der Waals surface area contributed by atoms with Gasteiger partial charge >= 0.3 is 0 Å². The Hall–Kier alpha value is -1.95. The van der Waals surface area contributed by atoms with Crippen LogP contribution < -0.4 is 25.7 Å². The van der Waals surface area contributed by atoms with Crippen molar-refractivity contribution in [1.82, 2.24) is 0 Å². The maximum Gasteiger partial charge on any atom is 0.231 e. The standard InChI is InChI=1S/C13H18N2O4/c1-8(13(15)16)6-17-10-5-12-11(18-7-19-12)4-9(10)2-3-14/h4-5,8H,2-3,6-7,14H2,1H3,(H2,15,16). The van der Waals surface area contributed by atoms with Crippen LogP contribution in [0.4, 0.5) is 0 Å². The Morgan fingerprint density at radius 3 is 2.74 bits per heavy atom. The number of carbonyl (C=O) groups is 1. The lowest BCUT2D eigenvalue weighted by atomic mass is 10.1. The normalized spacial score (nSPS) is 14.2. The molecule has 0 saturated heterocycles. The molecule has 0 spiro atoms. The second-order valence-electron chi connectivity index (χ2n) is 4.47. The van der Waals surface area contributed by atoms with E-state index in [-0.39, 0.29) is 25.2 Å². The zero-order chi connectivity index (χ0) is 13.8. The first-order valence-corrected chi connectivity index (χ1v) is 6.16. The van der Waals surface area contributed by atoms with E-state index in [1.165, 1.54) is 0 Å². The summed E-state index contributed by atoms with van der Waals surface area (Å²) < 4.78 is 16.3. The van der Waals surface area contributed by atoms with Gasteiger partial charge in [-0.2, -0.15) is 0 Å². The van der Waals surface area contributed by atoms with Crippen LogP contribution in [0.25, 0.3) is 0 Å². The lowest BCUT2D eigenvalue weighted by Crippen LogP contribution is -2.26. The molecule has 2 rings (SSSR count). The van der Waals surface area contributed by atoms with Gasteiger partial charge in [-0.05, 0) is 24.6 Å². The number of nitrogens with two attached hydrogens (primary N) is 2. The monoisotopic (exact) mass is 266 g/mol. The topological polar surface area (TPSA) is 96.8 Å². The molecule has 1 aliphatic heterocycles. The minimum atomic E-state index is -0.388. The molecule has 1 aromatic rings. The van der Waals surface area contributed by atoms with Crippen molar-refractivity contribution in [3.05, 3.63) is 17.7 Å². The van der Waals surface area contributed by atoms with E-state index in [4.69, 9.17) is 25.7 Å². The average Bonchev–Trinajstić information content (AvgIpc) is 2.82. The van der Waals surface area contributed by atoms with Crippen molar-refractivity contribution >= 4 is 5.91 Å². The highest BCUT2D eigenvalue weighted by atomic mass is 16.7. The molecule has 6 heteroatoms. The fourth-order valence-corrected chi connectivity index (χ4v) is 1.75. The van der Waals surface area contributed by atoms with Crippen LogP contribution in [0, 0.1) is 5.92 Å². The minimum Gasteiger partial charge on any atom is -0.492 e. The van der Waals surface area contributed by atoms with Crippen LogP contribution in [0.15, 0.2) is 12.1 Å². The molecule has 19 heavy (non-hydrogen) atoms. The fraction of sp³-hybridized carbons (Fsp3) is 0.462. The summed E-state index contributed by atoms with van der Waals surface area (Å²) in [7, 11) is 0. The number of hydrogen-bond acceptors (Lipinski definition) is 5. The van der Waals surface area contributed by atoms with Crippen LogP contribution in [-0.2, 0) is 11.2 Å². The average molecular weight is 266 g/mol. The summed E-state index contributed by atoms with van der Waals surface area (Å²) in [5.74, 6) is 1.25. The van der Waals surface area contributed by atoms with E-state index < -0.39 is 0 Å². The molecule has 1 heterocycles. The van der Waals surface area contributed by atoms with Gasteiger partial charge in [-0.1, -0.05) is 6.92 Å². The van der Waals surface area contributed by atoms with Gasteiger partial charge in [0.25, 0.3) is 0 Å². The number of fused-ring (bicyclic) bond motifs is 1. The van der Waals surface area contributed by atoms with E-state index in [2.05, 4.69) is 0 Å². The Morgan fingerprint density at radius 2 is 2.11 bits per heavy atom. The number of primary amides is 1. The molecule has 6 nitrogen and oxygen atoms in total. The van der Waals surface area contributed by atoms with Crippen LogP contribution in [0.2, 0.25) is 0 Å². The predicted molar refractivity (Wildman–Crippen MR) is 69.2 cm³/mol. The highest BCUT2D eigenvalue weighted by Crippen LogP contribution is 2.38. The van der Waals surface area contributed by atoms with E-state index in [0.717, 1.165) is 5.56 Å². The summed E-state index contributed by atoms with van der Waals surface area (Å²) in [6.45, 7) is 2.66. The fourth-order valence-electron chi connectivity index (χ4n) is 1.75. The molecule has 104 valence electrons. The van der Waals surface area contributed by atoms with Crippen molar-refractivity contribution in [2.75, 3.05) is 19.9 Å². The molecule has 1 unspecified atom stereocenters. The third kappa shape index (κ3) is 3.08. The number of benzene rings is 1. The van der Waals surface area contributed by atoms with E-state index in [9.17, 15) is 4.79 Å². The Morgan fingerprint density at radius 1 is 1.42 bits per heavy atom. The van der Waals surface area contributed by atoms with Crippen LogP contribution in [0.5, 0.6) is 17.2 Å². The summed E-state index contributed by atoms with van der Waals surface area (Å²) in [5, 5.41) is 0. The van der Waals surface area contributed by atoms with Crippen molar-refractivity contribution in [2.45, 2.75) is 13.3 Å². The number of ether oxygens (including phenoxy) is 3. The van der Waals surface area contributed by atoms with Gasteiger partial charge in [0.15, 0.2) is 11.5 Å². The molecule has 0 radical (unpaired) electrons. The second kappa shape index (κ2) is 5.79. The van der Waals surface area contributed by atoms with Crippen molar-refractivity contribution in [1.29, 1.82) is 0 Å². The van der Waals surface area contributed by atoms with Gasteiger partial charge in [-0.3, -0.25) is 4.79 Å². The maximum atomic E-state index is 11.0. The van der Waals surface area contributed by atoms with E-state index >= 15 is 0 Å². The van der Waals surface area contributed by atoms with Crippen LogP contribution in [-0.4, -0.2) is 25.9 Å².